The number of carbonyl (C=O) groups excluding carboxylic acids is 1. The molecule has 3 aromatic rings. The number of H-pyrrole nitrogens is 2. The van der Waals surface area contributed by atoms with Crippen molar-refractivity contribution in [2.75, 3.05) is 13.1 Å². The topological polar surface area (TPSA) is 51.9 Å². The fraction of sp³-hybridized carbons (Fsp3) is 0.333. The van der Waals surface area contributed by atoms with Crippen molar-refractivity contribution >= 4 is 29.2 Å². The molecule has 2 heterocycles. The van der Waals surface area contributed by atoms with Crippen molar-refractivity contribution in [3.05, 3.63) is 64.2 Å². The number of hydrogen-bond donors (Lipinski definition) is 2. The Bertz CT molecular complexity index is 1000. The molecule has 0 saturated carbocycles. The van der Waals surface area contributed by atoms with Gasteiger partial charge in [-0.05, 0) is 61.5 Å². The molecule has 1 aliphatic heterocycles. The summed E-state index contributed by atoms with van der Waals surface area (Å²) in [6, 6.07) is 13.2. The van der Waals surface area contributed by atoms with Gasteiger partial charge in [0.15, 0.2) is 4.77 Å². The largest absolute Gasteiger partial charge is 0.339 e. The number of aromatic amines is 2. The highest BCUT2D eigenvalue weighted by Gasteiger charge is 2.25. The van der Waals surface area contributed by atoms with Crippen LogP contribution in [0.25, 0.3) is 11.0 Å². The summed E-state index contributed by atoms with van der Waals surface area (Å²) in [6.45, 7) is 1.42. The summed E-state index contributed by atoms with van der Waals surface area (Å²) in [5.74, 6) is 0.0555. The molecule has 0 bridgehead atoms. The van der Waals surface area contributed by atoms with Gasteiger partial charge in [0, 0.05) is 13.1 Å². The van der Waals surface area contributed by atoms with Crippen LogP contribution in [0.2, 0.25) is 0 Å². The fourth-order valence-corrected chi connectivity index (χ4v) is 4.10. The summed E-state index contributed by atoms with van der Waals surface area (Å²) in [7, 11) is 0. The number of hydrogen-bond acceptors (Lipinski definition) is 2. The Hall–Kier alpha value is -2.47. The zero-order valence-electron chi connectivity index (χ0n) is 15.0. The quantitative estimate of drug-likeness (QED) is 0.633. The van der Waals surface area contributed by atoms with Gasteiger partial charge in [-0.3, -0.25) is 4.79 Å². The molecule has 2 aromatic carbocycles. The molecule has 0 unspecified atom stereocenters. The van der Waals surface area contributed by atoms with Gasteiger partial charge in [-0.1, -0.05) is 30.3 Å². The van der Waals surface area contributed by atoms with Crippen molar-refractivity contribution in [1.29, 1.82) is 0 Å². The second-order valence-electron chi connectivity index (χ2n) is 7.21. The lowest BCUT2D eigenvalue weighted by atomic mass is 9.90. The van der Waals surface area contributed by atoms with E-state index in [1.165, 1.54) is 17.7 Å². The molecule has 0 atom stereocenters. The molecule has 1 fully saturated rings. The first kappa shape index (κ1) is 17.9. The van der Waals surface area contributed by atoms with Crippen LogP contribution in [0.15, 0.2) is 42.5 Å². The van der Waals surface area contributed by atoms with Gasteiger partial charge in [-0.15, -0.1) is 0 Å². The second-order valence-corrected chi connectivity index (χ2v) is 7.62. The maximum Gasteiger partial charge on any atom is 0.256 e. The van der Waals surface area contributed by atoms with Crippen LogP contribution in [0.1, 0.15) is 35.2 Å². The van der Waals surface area contributed by atoms with E-state index in [9.17, 15) is 9.18 Å². The Morgan fingerprint density at radius 1 is 1.15 bits per heavy atom. The van der Waals surface area contributed by atoms with Crippen LogP contribution in [-0.4, -0.2) is 33.9 Å². The number of aromatic nitrogens is 2. The SMILES string of the molecule is O=C(c1cc(F)cc2[nH]c(=S)[nH]c12)N1CCC(CCc2ccccc2)CC1. The Kier molecular flexibility index (Phi) is 5.07. The fourth-order valence-electron chi connectivity index (χ4n) is 3.89. The zero-order chi connectivity index (χ0) is 18.8. The predicted octanol–water partition coefficient (Wildman–Crippen LogP) is 4.85. The van der Waals surface area contributed by atoms with Crippen LogP contribution in [0.5, 0.6) is 0 Å². The lowest BCUT2D eigenvalue weighted by Crippen LogP contribution is -2.38. The molecule has 4 rings (SSSR count). The third-order valence-corrected chi connectivity index (χ3v) is 5.61. The molecule has 4 nitrogen and oxygen atoms in total. The normalized spacial score (nSPS) is 15.4. The molecule has 0 aliphatic carbocycles. The van der Waals surface area contributed by atoms with Crippen LogP contribution in [-0.2, 0) is 6.42 Å². The zero-order valence-corrected chi connectivity index (χ0v) is 15.8. The molecular weight excluding hydrogens is 361 g/mol. The Morgan fingerprint density at radius 2 is 1.89 bits per heavy atom. The molecule has 27 heavy (non-hydrogen) atoms. The van der Waals surface area contributed by atoms with Crippen molar-refractivity contribution in [2.45, 2.75) is 25.7 Å². The van der Waals surface area contributed by atoms with E-state index < -0.39 is 5.82 Å². The first-order valence-corrected chi connectivity index (χ1v) is 9.76. The number of likely N-dealkylation sites (tertiary alicyclic amines) is 1. The predicted molar refractivity (Wildman–Crippen MR) is 107 cm³/mol. The number of fused-ring (bicyclic) bond motifs is 1. The number of nitrogens with zero attached hydrogens (tertiary/aromatic N) is 1. The number of imidazole rings is 1. The van der Waals surface area contributed by atoms with E-state index in [-0.39, 0.29) is 5.91 Å². The van der Waals surface area contributed by atoms with E-state index in [1.54, 1.807) is 0 Å². The first-order valence-electron chi connectivity index (χ1n) is 9.35. The lowest BCUT2D eigenvalue weighted by Gasteiger charge is -2.32. The van der Waals surface area contributed by atoms with E-state index in [0.29, 0.717) is 40.4 Å². The number of carbonyl (C=O) groups is 1. The van der Waals surface area contributed by atoms with Crippen LogP contribution >= 0.6 is 12.2 Å². The van der Waals surface area contributed by atoms with Gasteiger partial charge in [-0.2, -0.15) is 0 Å². The highest BCUT2D eigenvalue weighted by Crippen LogP contribution is 2.25. The minimum absolute atomic E-state index is 0.133. The van der Waals surface area contributed by atoms with Crippen molar-refractivity contribution in [2.24, 2.45) is 5.92 Å². The highest BCUT2D eigenvalue weighted by molar-refractivity contribution is 7.71. The van der Waals surface area contributed by atoms with Crippen molar-refractivity contribution in [3.63, 3.8) is 0 Å². The Labute approximate surface area is 162 Å². The number of benzene rings is 2. The first-order chi connectivity index (χ1) is 13.1. The monoisotopic (exact) mass is 383 g/mol. The van der Waals surface area contributed by atoms with Gasteiger partial charge in [0.05, 0.1) is 16.6 Å². The maximum atomic E-state index is 13.9. The lowest BCUT2D eigenvalue weighted by molar-refractivity contribution is 0.0688. The number of amides is 1. The number of rotatable bonds is 4. The van der Waals surface area contributed by atoms with Crippen LogP contribution < -0.4 is 0 Å². The average molecular weight is 383 g/mol. The summed E-state index contributed by atoms with van der Waals surface area (Å²) in [5.41, 5.74) is 2.82. The summed E-state index contributed by atoms with van der Waals surface area (Å²) in [5, 5.41) is 0. The third kappa shape index (κ3) is 3.95. The van der Waals surface area contributed by atoms with Crippen molar-refractivity contribution < 1.29 is 9.18 Å². The van der Waals surface area contributed by atoms with Gasteiger partial charge >= 0.3 is 0 Å². The van der Waals surface area contributed by atoms with E-state index >= 15 is 0 Å². The maximum absolute atomic E-state index is 13.9. The Balaban J connectivity index is 1.41. The Morgan fingerprint density at radius 3 is 2.63 bits per heavy atom. The van der Waals surface area contributed by atoms with Crippen molar-refractivity contribution in [3.8, 4) is 0 Å². The number of nitrogens with one attached hydrogen (secondary N) is 2. The summed E-state index contributed by atoms with van der Waals surface area (Å²) in [6.07, 6.45) is 4.19. The minimum atomic E-state index is -0.436. The molecule has 1 amide bonds. The molecular formula is C21H22FN3OS. The van der Waals surface area contributed by atoms with Crippen LogP contribution in [0.3, 0.4) is 0 Å². The second kappa shape index (κ2) is 7.64. The van der Waals surface area contributed by atoms with Crippen LogP contribution in [0, 0.1) is 16.5 Å². The third-order valence-electron chi connectivity index (χ3n) is 5.41. The van der Waals surface area contributed by atoms with E-state index in [4.69, 9.17) is 12.2 Å². The van der Waals surface area contributed by atoms with E-state index in [1.807, 2.05) is 11.0 Å². The van der Waals surface area contributed by atoms with E-state index in [0.717, 1.165) is 25.7 Å². The molecule has 2 N–H and O–H groups in total. The molecule has 1 saturated heterocycles. The van der Waals surface area contributed by atoms with E-state index in [2.05, 4.69) is 34.2 Å². The minimum Gasteiger partial charge on any atom is -0.339 e. The number of aryl methyl sites for hydroxylation is 1. The molecule has 0 radical (unpaired) electrons. The van der Waals surface area contributed by atoms with Crippen molar-refractivity contribution in [1.82, 2.24) is 14.9 Å². The summed E-state index contributed by atoms with van der Waals surface area (Å²) < 4.78 is 14.3. The summed E-state index contributed by atoms with van der Waals surface area (Å²) in [4.78, 5) is 20.6. The molecule has 140 valence electrons. The van der Waals surface area contributed by atoms with Gasteiger partial charge in [0.2, 0.25) is 0 Å². The molecule has 0 spiro atoms. The molecule has 6 heteroatoms. The van der Waals surface area contributed by atoms with Gasteiger partial charge < -0.3 is 14.9 Å². The number of piperidine rings is 1. The van der Waals surface area contributed by atoms with Gasteiger partial charge in [0.25, 0.3) is 5.91 Å². The molecule has 1 aromatic heterocycles. The highest BCUT2D eigenvalue weighted by atomic mass is 32.1. The smallest absolute Gasteiger partial charge is 0.256 e. The average Bonchev–Trinajstić information content (AvgIpc) is 3.06. The number of halogens is 1. The van der Waals surface area contributed by atoms with Gasteiger partial charge in [0.1, 0.15) is 5.82 Å². The molecule has 1 aliphatic rings. The van der Waals surface area contributed by atoms with Crippen LogP contribution in [0.4, 0.5) is 4.39 Å². The summed E-state index contributed by atoms with van der Waals surface area (Å²) >= 11 is 5.09. The van der Waals surface area contributed by atoms with Gasteiger partial charge in [-0.25, -0.2) is 4.39 Å². The standard InChI is InChI=1S/C21H22FN3OS/c22-16-12-17(19-18(13-16)23-21(27)24-19)20(26)25-10-8-15(9-11-25)7-6-14-4-2-1-3-5-14/h1-5,12-13,15H,6-11H2,(H2,23,24,27).